The Hall–Kier alpha value is -3.59. The molecule has 6 rings (SSSR count). The number of nitrogens with two attached hydrogens (primary N) is 1. The lowest BCUT2D eigenvalue weighted by molar-refractivity contribution is -0.0502. The highest BCUT2D eigenvalue weighted by Crippen LogP contribution is 2.52. The monoisotopic (exact) mass is 436 g/mol. The van der Waals surface area contributed by atoms with Crippen molar-refractivity contribution in [3.63, 3.8) is 0 Å². The van der Waals surface area contributed by atoms with E-state index in [9.17, 15) is 4.39 Å². The van der Waals surface area contributed by atoms with Crippen molar-refractivity contribution in [3.05, 3.63) is 71.2 Å². The molecule has 2 aromatic heterocycles. The van der Waals surface area contributed by atoms with Crippen molar-refractivity contribution in [3.8, 4) is 22.8 Å². The molecule has 5 heterocycles. The van der Waals surface area contributed by atoms with Crippen LogP contribution in [0.25, 0.3) is 11.1 Å². The quantitative estimate of drug-likeness (QED) is 0.619. The molecule has 1 aromatic carbocycles. The van der Waals surface area contributed by atoms with Crippen molar-refractivity contribution < 1.29 is 23.0 Å². The maximum Gasteiger partial charge on any atom is 0.283 e. The molecular weight excluding hydrogens is 418 g/mol. The first-order valence-electron chi connectivity index (χ1n) is 10.1. The van der Waals surface area contributed by atoms with Crippen molar-refractivity contribution in [2.24, 2.45) is 10.7 Å². The number of halogens is 2. The second kappa shape index (κ2) is 6.46. The van der Waals surface area contributed by atoms with Gasteiger partial charge in [-0.15, -0.1) is 0 Å². The molecular formula is C23H18F2N4O3. The van der Waals surface area contributed by atoms with Crippen molar-refractivity contribution >= 4 is 6.02 Å². The number of amidine groups is 1. The highest BCUT2D eigenvalue weighted by molar-refractivity contribution is 5.78. The molecule has 1 spiro atoms. The van der Waals surface area contributed by atoms with E-state index in [0.29, 0.717) is 30.2 Å². The van der Waals surface area contributed by atoms with Gasteiger partial charge in [-0.25, -0.2) is 19.4 Å². The van der Waals surface area contributed by atoms with E-state index in [2.05, 4.69) is 21.9 Å². The van der Waals surface area contributed by atoms with Gasteiger partial charge in [0.1, 0.15) is 18.2 Å². The zero-order valence-electron chi connectivity index (χ0n) is 17.1. The molecule has 3 aromatic rings. The Balaban J connectivity index is 1.58. The summed E-state index contributed by atoms with van der Waals surface area (Å²) in [6.07, 6.45) is 3.04. The average molecular weight is 436 g/mol. The number of pyridine rings is 2. The van der Waals surface area contributed by atoms with Crippen LogP contribution in [0.3, 0.4) is 0 Å². The number of rotatable bonds is 2. The fourth-order valence-corrected chi connectivity index (χ4v) is 4.45. The molecule has 3 aliphatic rings. The summed E-state index contributed by atoms with van der Waals surface area (Å²) in [6, 6.07) is 7.73. The predicted molar refractivity (Wildman–Crippen MR) is 110 cm³/mol. The third-order valence-electron chi connectivity index (χ3n) is 6.34. The molecule has 0 bridgehead atoms. The van der Waals surface area contributed by atoms with Crippen molar-refractivity contribution in [2.75, 3.05) is 19.8 Å². The van der Waals surface area contributed by atoms with Crippen LogP contribution in [-0.4, -0.2) is 35.8 Å². The molecule has 1 fully saturated rings. The lowest BCUT2D eigenvalue weighted by atomic mass is 9.77. The molecule has 162 valence electrons. The maximum absolute atomic E-state index is 15.0. The van der Waals surface area contributed by atoms with Crippen LogP contribution in [0.15, 0.2) is 47.7 Å². The van der Waals surface area contributed by atoms with Gasteiger partial charge in [-0.05, 0) is 29.8 Å². The summed E-state index contributed by atoms with van der Waals surface area (Å²) >= 11 is 0. The van der Waals surface area contributed by atoms with Gasteiger partial charge in [0.15, 0.2) is 5.54 Å². The number of aliphatic imine (C=N–C) groups is 1. The first-order chi connectivity index (χ1) is 15.4. The normalized spacial score (nSPS) is 22.3. The van der Waals surface area contributed by atoms with Crippen LogP contribution in [0.2, 0.25) is 0 Å². The minimum absolute atomic E-state index is 0.00539. The molecule has 7 nitrogen and oxygen atoms in total. The van der Waals surface area contributed by atoms with E-state index in [1.54, 1.807) is 12.3 Å². The molecule has 0 saturated carbocycles. The Morgan fingerprint density at radius 2 is 1.88 bits per heavy atom. The number of hydrogen-bond acceptors (Lipinski definition) is 7. The van der Waals surface area contributed by atoms with Gasteiger partial charge in [-0.1, -0.05) is 6.92 Å². The van der Waals surface area contributed by atoms with Crippen LogP contribution in [0.1, 0.15) is 23.6 Å². The van der Waals surface area contributed by atoms with Crippen molar-refractivity contribution in [1.82, 2.24) is 9.97 Å². The summed E-state index contributed by atoms with van der Waals surface area (Å²) in [5.41, 5.74) is 6.86. The van der Waals surface area contributed by atoms with Crippen LogP contribution in [0.5, 0.6) is 11.6 Å². The van der Waals surface area contributed by atoms with E-state index in [4.69, 9.17) is 19.9 Å². The number of nitrogens with zero attached hydrogens (tertiary/aromatic N) is 3. The van der Waals surface area contributed by atoms with Crippen LogP contribution in [-0.2, 0) is 20.4 Å². The van der Waals surface area contributed by atoms with E-state index in [-0.39, 0.29) is 34.9 Å². The Labute approximate surface area is 181 Å². The fraction of sp³-hybridized carbons (Fsp3) is 0.261. The van der Waals surface area contributed by atoms with E-state index >= 15 is 4.39 Å². The number of hydrogen-bond donors (Lipinski definition) is 1. The van der Waals surface area contributed by atoms with E-state index < -0.39 is 17.3 Å². The van der Waals surface area contributed by atoms with Gasteiger partial charge >= 0.3 is 0 Å². The first kappa shape index (κ1) is 19.1. The third-order valence-corrected chi connectivity index (χ3v) is 6.34. The number of ether oxygens (including phenoxy) is 3. The Kier molecular flexibility index (Phi) is 3.86. The smallest absolute Gasteiger partial charge is 0.283 e. The molecule has 9 heteroatoms. The molecule has 3 aliphatic heterocycles. The molecule has 32 heavy (non-hydrogen) atoms. The SMILES string of the molecule is CC1(c2cnc3c(c2)C2(COC(N)=N2)c2cc(-c4cccnc4F)c(F)cc2O3)COC1. The highest BCUT2D eigenvalue weighted by atomic mass is 19.1. The minimum atomic E-state index is -1.10. The fourth-order valence-electron chi connectivity index (χ4n) is 4.45. The zero-order valence-corrected chi connectivity index (χ0v) is 17.1. The summed E-state index contributed by atoms with van der Waals surface area (Å²) in [6.45, 7) is 3.33. The molecule has 1 atom stereocenters. The van der Waals surface area contributed by atoms with Crippen molar-refractivity contribution in [2.45, 2.75) is 17.9 Å². The highest BCUT2D eigenvalue weighted by Gasteiger charge is 2.49. The topological polar surface area (TPSA) is 91.9 Å². The van der Waals surface area contributed by atoms with Gasteiger partial charge in [0.05, 0.1) is 18.8 Å². The lowest BCUT2D eigenvalue weighted by Gasteiger charge is -2.40. The molecule has 0 radical (unpaired) electrons. The first-order valence-corrected chi connectivity index (χ1v) is 10.1. The van der Waals surface area contributed by atoms with E-state index in [1.807, 2.05) is 6.07 Å². The Morgan fingerprint density at radius 1 is 1.03 bits per heavy atom. The Morgan fingerprint density at radius 3 is 2.56 bits per heavy atom. The molecule has 1 saturated heterocycles. The molecule has 0 aliphatic carbocycles. The number of fused-ring (bicyclic) bond motifs is 4. The van der Waals surface area contributed by atoms with Gasteiger partial charge in [-0.3, -0.25) is 0 Å². The van der Waals surface area contributed by atoms with E-state index in [1.165, 1.54) is 24.4 Å². The summed E-state index contributed by atoms with van der Waals surface area (Å²) in [5.74, 6) is -0.902. The Bertz CT molecular complexity index is 1310. The maximum atomic E-state index is 15.0. The minimum Gasteiger partial charge on any atom is -0.462 e. The largest absolute Gasteiger partial charge is 0.462 e. The van der Waals surface area contributed by atoms with E-state index in [0.717, 1.165) is 5.56 Å². The molecule has 1 unspecified atom stereocenters. The average Bonchev–Trinajstić information content (AvgIpc) is 3.14. The van der Waals surface area contributed by atoms with Gasteiger partial charge in [0.25, 0.3) is 6.02 Å². The second-order valence-corrected chi connectivity index (χ2v) is 8.50. The summed E-state index contributed by atoms with van der Waals surface area (Å²) < 4.78 is 46.4. The molecule has 0 amide bonds. The van der Waals surface area contributed by atoms with Crippen LogP contribution < -0.4 is 10.5 Å². The van der Waals surface area contributed by atoms with Crippen LogP contribution in [0.4, 0.5) is 8.78 Å². The van der Waals surface area contributed by atoms with Gasteiger partial charge in [0.2, 0.25) is 11.8 Å². The summed E-state index contributed by atoms with van der Waals surface area (Å²) in [7, 11) is 0. The standard InChI is InChI=1S/C23H18F2N4O3/c1-22(9-30-10-22)12-5-16-20(28-8-12)32-18-7-17(24)14(13-3-2-4-27-19(13)25)6-15(18)23(16)11-31-21(26)29-23/h2-8H,9-11H2,1H3,(H2,26,29). The third kappa shape index (κ3) is 2.57. The number of benzene rings is 1. The van der Waals surface area contributed by atoms with Crippen LogP contribution >= 0.6 is 0 Å². The molecule has 2 N–H and O–H groups in total. The lowest BCUT2D eigenvalue weighted by Crippen LogP contribution is -2.44. The van der Waals surface area contributed by atoms with Crippen LogP contribution in [0, 0.1) is 11.8 Å². The van der Waals surface area contributed by atoms with Gasteiger partial charge in [0, 0.05) is 40.6 Å². The zero-order chi connectivity index (χ0) is 22.1. The van der Waals surface area contributed by atoms with Crippen molar-refractivity contribution in [1.29, 1.82) is 0 Å². The van der Waals surface area contributed by atoms with Gasteiger partial charge in [-0.2, -0.15) is 4.39 Å². The summed E-state index contributed by atoms with van der Waals surface area (Å²) in [4.78, 5) is 12.7. The predicted octanol–water partition coefficient (Wildman–Crippen LogP) is 3.40. The van der Waals surface area contributed by atoms with Gasteiger partial charge < -0.3 is 19.9 Å². The summed E-state index contributed by atoms with van der Waals surface area (Å²) in [5, 5.41) is 0. The number of aromatic nitrogens is 2. The second-order valence-electron chi connectivity index (χ2n) is 8.50.